The van der Waals surface area contributed by atoms with Crippen LogP contribution in [0.2, 0.25) is 26.6 Å². The molecule has 4 nitrogen and oxygen atoms in total. The molecule has 1 aromatic carbocycles. The Morgan fingerprint density at radius 3 is 0.904 bits per heavy atom. The van der Waals surface area contributed by atoms with Crippen LogP contribution in [0.1, 0.15) is 439 Å². The maximum absolute atomic E-state index is 13.1. The Labute approximate surface area is 751 Å². The van der Waals surface area contributed by atoms with Crippen LogP contribution >= 0.6 is 88.9 Å². The van der Waals surface area contributed by atoms with Gasteiger partial charge in [0.05, 0.1) is 20.7 Å². The number of benzene rings is 1. The molecule has 0 saturated carbocycles. The fourth-order valence-electron chi connectivity index (χ4n) is 18.6. The molecule has 0 N–H and O–H groups in total. The summed E-state index contributed by atoms with van der Waals surface area (Å²) in [6.07, 6.45) is 69.1. The van der Waals surface area contributed by atoms with E-state index in [1.54, 1.807) is 47.5 Å². The normalized spacial score (nSPS) is 15.0. The fourth-order valence-corrected chi connectivity index (χ4v) is 63.2. The first-order valence-corrected chi connectivity index (χ1v) is 69.0. The molecule has 2 unspecified atom stereocenters. The molecule has 0 saturated heterocycles. The first-order valence-electron chi connectivity index (χ1n) is 48.4. The minimum absolute atomic E-state index is 0.0111. The number of hydrogen-bond acceptors (Lipinski definition) is 9. The van der Waals surface area contributed by atoms with Crippen molar-refractivity contribution in [2.75, 3.05) is 0 Å². The van der Waals surface area contributed by atoms with E-state index in [2.05, 4.69) is 198 Å². The minimum atomic E-state index is -2.59. The summed E-state index contributed by atoms with van der Waals surface area (Å²) in [5, 5.41) is 0. The number of ether oxygens (including phenoxy) is 2. The van der Waals surface area contributed by atoms with Crippen LogP contribution in [0.3, 0.4) is 0 Å². The van der Waals surface area contributed by atoms with Crippen molar-refractivity contribution < 1.29 is 18.3 Å². The molecule has 0 fully saturated rings. The molecule has 656 valence electrons. The molecule has 2 aliphatic rings. The van der Waals surface area contributed by atoms with Gasteiger partial charge in [-0.1, -0.05) is 90.9 Å². The van der Waals surface area contributed by atoms with E-state index < -0.39 is 48.4 Å². The minimum Gasteiger partial charge on any atom is -0.202 e. The van der Waals surface area contributed by atoms with E-state index in [1.807, 2.05) is 28.5 Å². The van der Waals surface area contributed by atoms with Crippen LogP contribution in [0.4, 0.5) is 8.78 Å². The quantitative estimate of drug-likeness (QED) is 0.0165. The fraction of sp³-hybridized carbons (Fsp3) is 0.780. The van der Waals surface area contributed by atoms with Crippen molar-refractivity contribution in [2.45, 2.75) is 470 Å². The summed E-state index contributed by atoms with van der Waals surface area (Å²) in [6, 6.07) is 10.5. The van der Waals surface area contributed by atoms with Crippen molar-refractivity contribution in [3.8, 4) is 31.0 Å². The molecule has 2 atom stereocenters. The van der Waals surface area contributed by atoms with Gasteiger partial charge in [-0.15, -0.1) is 0 Å². The topological polar surface area (TPSA) is 44.2 Å². The van der Waals surface area contributed by atoms with Crippen molar-refractivity contribution in [3.05, 3.63) is 65.7 Å². The summed E-state index contributed by atoms with van der Waals surface area (Å²) >= 11 is 10.1. The third-order valence-electron chi connectivity index (χ3n) is 26.1. The van der Waals surface area contributed by atoms with Gasteiger partial charge in [-0.05, 0) is 31.9 Å². The first kappa shape index (κ1) is 104. The molecule has 0 amide bonds. The maximum atomic E-state index is 13.1. The van der Waals surface area contributed by atoms with Gasteiger partial charge in [-0.25, -0.2) is 8.78 Å². The second-order valence-corrected chi connectivity index (χ2v) is 72.4. The molecule has 0 spiro atoms. The Hall–Kier alpha value is -0.143. The summed E-state index contributed by atoms with van der Waals surface area (Å²) in [4.78, 5) is 9.03. The van der Waals surface area contributed by atoms with E-state index in [0.29, 0.717) is 11.0 Å². The number of aryl methyl sites for hydroxylation is 2. The second kappa shape index (κ2) is 57.5. The third-order valence-corrected chi connectivity index (χ3v) is 69.2. The molecule has 6 aromatic rings. The molecule has 7 heterocycles. The van der Waals surface area contributed by atoms with Crippen molar-refractivity contribution >= 4 is 143 Å². The first-order chi connectivity index (χ1) is 55.6. The van der Waals surface area contributed by atoms with Gasteiger partial charge in [0.15, 0.2) is 11.6 Å². The molecule has 0 aliphatic carbocycles. The molecule has 5 aromatic heterocycles. The van der Waals surface area contributed by atoms with Gasteiger partial charge in [-0.3, -0.25) is 0 Å². The van der Waals surface area contributed by atoms with E-state index in [9.17, 15) is 8.78 Å². The molecule has 2 aliphatic heterocycles. The summed E-state index contributed by atoms with van der Waals surface area (Å²) in [6.45, 7) is 38.3. The predicted molar refractivity (Wildman–Crippen MR) is 526 cm³/mol. The molecule has 8 rings (SSSR count). The van der Waals surface area contributed by atoms with Crippen LogP contribution in [-0.2, 0) is 11.2 Å². The Morgan fingerprint density at radius 1 is 0.339 bits per heavy atom. The van der Waals surface area contributed by atoms with Crippen LogP contribution in [-0.4, -0.2) is 45.5 Å². The summed E-state index contributed by atoms with van der Waals surface area (Å²) in [5.74, 6) is 3.67. The standard InChI is InChI=1S/C40H67OS2.C30H47OS2.C6Br2F2N2S.6C4H9.2Sn/c1-4-6-8-10-12-14-16-18-20-22-24-26-28-31-40(32-29-27-25-23-21-19-17-15-13-11-9-7-5-2)36-30-33-42-38(36)39-37(41-40)34-35(3)43-39;1-21(2)10-8-12-23(5)14-17-30(18-15-24(6)13-9-11-22(3)4)26-16-19-32-28(26)29-27(31-30)20-25(7)33-29;7-1-3(9)4(10)2(8)6-5(1)11-13-12-6;6*1-3-4-2;;/h30,34H,4-29,31-32H2,1-3H3;16,20-24H,8-15,17-18H2,1-7H3;;6*1,3-4H2,2H3;;. The Kier molecular flexibility index (Phi) is 51.8. The molecule has 0 bridgehead atoms. The number of nitrogens with zero attached hydrogens (tertiary/aromatic N) is 2. The van der Waals surface area contributed by atoms with E-state index >= 15 is 0 Å². The van der Waals surface area contributed by atoms with Gasteiger partial charge in [0.25, 0.3) is 0 Å². The zero-order valence-electron chi connectivity index (χ0n) is 76.5. The van der Waals surface area contributed by atoms with Crippen molar-refractivity contribution in [1.29, 1.82) is 0 Å². The molecular formula is C100H168Br2F2N2O2S5Sn2. The number of hydrogen-bond donors (Lipinski definition) is 0. The monoisotopic (exact) mass is 2020 g/mol. The molecule has 115 heavy (non-hydrogen) atoms. The van der Waals surface area contributed by atoms with Crippen molar-refractivity contribution in [2.24, 2.45) is 23.7 Å². The number of halogens is 4. The van der Waals surface area contributed by atoms with Gasteiger partial charge >= 0.3 is 576 Å². The second-order valence-electron chi connectivity index (χ2n) is 37.3. The average molecular weight is 2030 g/mol. The van der Waals surface area contributed by atoms with Gasteiger partial charge < -0.3 is 0 Å². The summed E-state index contributed by atoms with van der Waals surface area (Å²) in [7, 11) is 0. The number of rotatable bonds is 62. The van der Waals surface area contributed by atoms with Gasteiger partial charge in [-0.2, -0.15) is 8.75 Å². The SMILES string of the molecule is CCCCCCCCCCCCCCCC1(CCCCCCCCCCCCCCC)Oc2cc(C)sc2-c2s[c]([Sn]([CH2]CCC)([CH2]CCC)[CH2]CCC)cc21.CCC[CH2][Sn]([CH2]CCC)([CH2]CCC)[c]1cc2c(s1)-c1sc(C)cc1OC2(CCC(C)CCCC(C)C)CCC(C)CCCC(C)C.Fc1c(F)c(Br)c2nsnc2c1Br. The number of thiophene rings is 4. The summed E-state index contributed by atoms with van der Waals surface area (Å²) < 4.78 is 62.0. The Bertz CT molecular complexity index is 3410. The van der Waals surface area contributed by atoms with E-state index in [0.717, 1.165) is 35.4 Å². The van der Waals surface area contributed by atoms with E-state index in [4.69, 9.17) is 9.47 Å². The van der Waals surface area contributed by atoms with Gasteiger partial charge in [0.1, 0.15) is 11.0 Å². The van der Waals surface area contributed by atoms with Gasteiger partial charge in [0.2, 0.25) is 0 Å². The van der Waals surface area contributed by atoms with Crippen LogP contribution in [0.15, 0.2) is 33.2 Å². The van der Waals surface area contributed by atoms with E-state index in [1.165, 1.54) is 352 Å². The average Bonchev–Trinajstić information content (AvgIpc) is 1.58. The molecular weight excluding hydrogens is 1860 g/mol. The smallest absolute Gasteiger partial charge is 0.202 e. The van der Waals surface area contributed by atoms with Crippen LogP contribution in [0, 0.1) is 49.2 Å². The van der Waals surface area contributed by atoms with Crippen molar-refractivity contribution in [1.82, 2.24) is 8.75 Å². The van der Waals surface area contributed by atoms with Crippen LogP contribution < -0.4 is 15.3 Å². The predicted octanol–water partition coefficient (Wildman–Crippen LogP) is 37.8. The van der Waals surface area contributed by atoms with Crippen molar-refractivity contribution in [3.63, 3.8) is 0 Å². The van der Waals surface area contributed by atoms with E-state index in [-0.39, 0.29) is 20.1 Å². The molecule has 0 radical (unpaired) electrons. The number of fused-ring (bicyclic) bond motifs is 7. The zero-order chi connectivity index (χ0) is 83.5. The zero-order valence-corrected chi connectivity index (χ0v) is 89.4. The summed E-state index contributed by atoms with van der Waals surface area (Å²) in [5.41, 5.74) is 3.64. The van der Waals surface area contributed by atoms with Crippen LogP contribution in [0.5, 0.6) is 11.5 Å². The molecule has 15 heteroatoms. The van der Waals surface area contributed by atoms with Gasteiger partial charge in [0, 0.05) is 0 Å². The Balaban J connectivity index is 0.000000311. The Morgan fingerprint density at radius 2 is 0.617 bits per heavy atom. The number of unbranched alkanes of at least 4 members (excludes halogenated alkanes) is 30. The third kappa shape index (κ3) is 33.6. The number of aromatic nitrogens is 2. The van der Waals surface area contributed by atoms with Crippen LogP contribution in [0.25, 0.3) is 30.5 Å².